The highest BCUT2D eigenvalue weighted by Gasteiger charge is 2.39. The molecule has 148 valence electrons. The summed E-state index contributed by atoms with van der Waals surface area (Å²) in [5.41, 5.74) is 7.45. The van der Waals surface area contributed by atoms with Gasteiger partial charge in [0.1, 0.15) is 10.7 Å². The third-order valence-electron chi connectivity index (χ3n) is 3.67. The summed E-state index contributed by atoms with van der Waals surface area (Å²) in [5.74, 6) is -3.46. The number of rotatable bonds is 4. The van der Waals surface area contributed by atoms with E-state index >= 15 is 0 Å². The van der Waals surface area contributed by atoms with Gasteiger partial charge in [-0.1, -0.05) is 19.1 Å². The number of nitrogens with two attached hydrogens (primary N) is 2. The minimum Gasteiger partial charge on any atom is -0.396 e. The van der Waals surface area contributed by atoms with E-state index in [1.807, 2.05) is 0 Å². The zero-order valence-electron chi connectivity index (χ0n) is 13.8. The fourth-order valence-electron chi connectivity index (χ4n) is 2.29. The zero-order chi connectivity index (χ0) is 20.9. The number of nitrogen functional groups attached to an aromatic ring is 1. The van der Waals surface area contributed by atoms with Gasteiger partial charge < -0.3 is 11.5 Å². The second-order valence-corrected chi connectivity index (χ2v) is 8.03. The van der Waals surface area contributed by atoms with Crippen LogP contribution in [0.2, 0.25) is 0 Å². The van der Waals surface area contributed by atoms with Crippen LogP contribution in [-0.2, 0) is 23.1 Å². The Morgan fingerprint density at radius 2 is 1.93 bits per heavy atom. The van der Waals surface area contributed by atoms with Crippen molar-refractivity contribution in [2.45, 2.75) is 18.0 Å². The van der Waals surface area contributed by atoms with Crippen LogP contribution >= 0.6 is 12.2 Å². The monoisotopic (exact) mass is 427 g/mol. The Kier molecular flexibility index (Phi) is 5.09. The summed E-state index contributed by atoms with van der Waals surface area (Å²) in [6.07, 6.45) is -5.00. The minimum atomic E-state index is -5.00. The summed E-state index contributed by atoms with van der Waals surface area (Å²) in [6, 6.07) is 0.633. The molecule has 0 aliphatic carbocycles. The van der Waals surface area contributed by atoms with Crippen molar-refractivity contribution >= 4 is 32.7 Å². The lowest BCUT2D eigenvalue weighted by Gasteiger charge is -2.14. The number of sulfone groups is 1. The number of nitrogens with zero attached hydrogens (tertiary/aromatic N) is 3. The van der Waals surface area contributed by atoms with Crippen LogP contribution in [0.25, 0.3) is 5.69 Å². The molecule has 0 aliphatic heterocycles. The maximum Gasteiger partial charge on any atom is 0.451 e. The van der Waals surface area contributed by atoms with Crippen molar-refractivity contribution in [2.75, 3.05) is 11.5 Å². The van der Waals surface area contributed by atoms with Crippen molar-refractivity contribution in [3.63, 3.8) is 0 Å². The molecule has 0 aliphatic rings. The number of thiocarbonyl (C=S) groups is 1. The summed E-state index contributed by atoms with van der Waals surface area (Å²) in [6.45, 7) is 1.27. The van der Waals surface area contributed by atoms with Gasteiger partial charge in [-0.2, -0.15) is 17.9 Å². The molecule has 1 aromatic heterocycles. The van der Waals surface area contributed by atoms with Gasteiger partial charge in [-0.15, -0.1) is 5.10 Å². The third kappa shape index (κ3) is 3.41. The van der Waals surface area contributed by atoms with Crippen LogP contribution in [-0.4, -0.2) is 33.5 Å². The lowest BCUT2D eigenvalue weighted by atomic mass is 10.1. The first kappa shape index (κ1) is 20.8. The van der Waals surface area contributed by atoms with E-state index in [-0.39, 0.29) is 9.25 Å². The number of anilines is 1. The van der Waals surface area contributed by atoms with E-state index in [2.05, 4.69) is 5.10 Å². The summed E-state index contributed by atoms with van der Waals surface area (Å²) in [5, 5.41) is 3.06. The summed E-state index contributed by atoms with van der Waals surface area (Å²) >= 11 is 4.70. The fourth-order valence-corrected chi connectivity index (χ4v) is 3.71. The lowest BCUT2D eigenvalue weighted by Crippen LogP contribution is -2.26. The van der Waals surface area contributed by atoms with Crippen molar-refractivity contribution < 1.29 is 26.0 Å². The van der Waals surface area contributed by atoms with Gasteiger partial charge in [-0.3, -0.25) is 4.57 Å². The van der Waals surface area contributed by atoms with Gasteiger partial charge in [0, 0.05) is 7.05 Å². The molecule has 4 N–H and O–H groups in total. The maximum atomic E-state index is 14.7. The quantitative estimate of drug-likeness (QED) is 0.319. The molecular formula is C13H13F4N5O3S2. The second-order valence-electron chi connectivity index (χ2n) is 5.34. The average Bonchev–Trinajstić information content (AvgIpc) is 2.85. The first-order valence-electron chi connectivity index (χ1n) is 7.12. The molecule has 1 heterocycles. The Morgan fingerprint density at radius 3 is 2.33 bits per heavy atom. The van der Waals surface area contributed by atoms with E-state index in [9.17, 15) is 30.8 Å². The van der Waals surface area contributed by atoms with Crippen molar-refractivity contribution in [3.05, 3.63) is 33.8 Å². The number of alkyl halides is 3. The van der Waals surface area contributed by atoms with Crippen molar-refractivity contribution in [1.82, 2.24) is 14.3 Å². The molecule has 0 amide bonds. The SMILES string of the molecule is CCS(=O)(=O)c1cc(-n2nc(C(F)(F)F)n(C)c2=O)c(F)c(N)c1C(N)=S. The molecular weight excluding hydrogens is 414 g/mol. The highest BCUT2D eigenvalue weighted by atomic mass is 32.2. The summed E-state index contributed by atoms with van der Waals surface area (Å²) in [7, 11) is -3.29. The van der Waals surface area contributed by atoms with Gasteiger partial charge in [-0.05, 0) is 6.07 Å². The molecule has 0 fully saturated rings. The highest BCUT2D eigenvalue weighted by molar-refractivity contribution is 7.91. The standard InChI is InChI=1S/C13H13F4N5O3S2/c1-3-27(24,25)6-4-5(8(14)9(18)7(6)10(19)26)22-12(23)21(2)11(20-22)13(15,16)17/h4H,3,18H2,1-2H3,(H2,19,26). The molecule has 0 saturated heterocycles. The van der Waals surface area contributed by atoms with Crippen molar-refractivity contribution in [1.29, 1.82) is 0 Å². The average molecular weight is 427 g/mol. The molecule has 14 heteroatoms. The molecule has 2 aromatic rings. The number of halogens is 4. The van der Waals surface area contributed by atoms with Crippen molar-refractivity contribution in [2.24, 2.45) is 12.8 Å². The largest absolute Gasteiger partial charge is 0.451 e. The van der Waals surface area contributed by atoms with Gasteiger partial charge in [0.05, 0.1) is 21.9 Å². The summed E-state index contributed by atoms with van der Waals surface area (Å²) < 4.78 is 78.3. The highest BCUT2D eigenvalue weighted by Crippen LogP contribution is 2.31. The number of hydrogen-bond donors (Lipinski definition) is 2. The van der Waals surface area contributed by atoms with Gasteiger partial charge in [0.15, 0.2) is 15.7 Å². The van der Waals surface area contributed by atoms with Gasteiger partial charge in [0.2, 0.25) is 5.82 Å². The van der Waals surface area contributed by atoms with E-state index in [4.69, 9.17) is 23.7 Å². The van der Waals surface area contributed by atoms with Crippen LogP contribution in [0.15, 0.2) is 15.8 Å². The van der Waals surface area contributed by atoms with E-state index in [0.29, 0.717) is 6.07 Å². The normalized spacial score (nSPS) is 12.4. The van der Waals surface area contributed by atoms with E-state index in [0.717, 1.165) is 7.05 Å². The molecule has 0 radical (unpaired) electrons. The van der Waals surface area contributed by atoms with Crippen molar-refractivity contribution in [3.8, 4) is 5.69 Å². The lowest BCUT2D eigenvalue weighted by molar-refractivity contribution is -0.147. The molecule has 0 unspecified atom stereocenters. The smallest absolute Gasteiger partial charge is 0.396 e. The Labute approximate surface area is 155 Å². The molecule has 0 saturated carbocycles. The third-order valence-corrected chi connectivity index (χ3v) is 5.62. The first-order chi connectivity index (χ1) is 12.2. The number of benzene rings is 1. The Morgan fingerprint density at radius 1 is 1.37 bits per heavy atom. The fraction of sp³-hybridized carbons (Fsp3) is 0.308. The van der Waals surface area contributed by atoms with Crippen LogP contribution in [0.5, 0.6) is 0 Å². The van der Waals surface area contributed by atoms with Gasteiger partial charge in [0.25, 0.3) is 0 Å². The predicted octanol–water partition coefficient (Wildman–Crippen LogP) is 0.739. The Bertz CT molecular complexity index is 1100. The maximum absolute atomic E-state index is 14.7. The Balaban J connectivity index is 2.97. The van der Waals surface area contributed by atoms with Crippen LogP contribution in [0.1, 0.15) is 18.3 Å². The van der Waals surface area contributed by atoms with Crippen LogP contribution in [0, 0.1) is 5.82 Å². The Hall–Kier alpha value is -2.48. The predicted molar refractivity (Wildman–Crippen MR) is 91.8 cm³/mol. The minimum absolute atomic E-state index is 0.0759. The number of hydrogen-bond acceptors (Lipinski definition) is 6. The number of aromatic nitrogens is 3. The molecule has 2 rings (SSSR count). The van der Waals surface area contributed by atoms with Crippen LogP contribution in [0.3, 0.4) is 0 Å². The molecule has 27 heavy (non-hydrogen) atoms. The summed E-state index contributed by atoms with van der Waals surface area (Å²) in [4.78, 5) is 11.0. The van der Waals surface area contributed by atoms with E-state index in [1.54, 1.807) is 0 Å². The zero-order valence-corrected chi connectivity index (χ0v) is 15.5. The van der Waals surface area contributed by atoms with Gasteiger partial charge in [-0.25, -0.2) is 17.6 Å². The van der Waals surface area contributed by atoms with E-state index < -0.39 is 65.9 Å². The van der Waals surface area contributed by atoms with Crippen LogP contribution in [0.4, 0.5) is 23.2 Å². The molecule has 8 nitrogen and oxygen atoms in total. The second kappa shape index (κ2) is 6.60. The van der Waals surface area contributed by atoms with Crippen LogP contribution < -0.4 is 17.2 Å². The molecule has 1 aromatic carbocycles. The molecule has 0 atom stereocenters. The van der Waals surface area contributed by atoms with E-state index in [1.165, 1.54) is 6.92 Å². The topological polar surface area (TPSA) is 126 Å². The molecule has 0 spiro atoms. The first-order valence-corrected chi connectivity index (χ1v) is 9.18. The van der Waals surface area contributed by atoms with Gasteiger partial charge >= 0.3 is 11.9 Å². The molecule has 0 bridgehead atoms.